The van der Waals surface area contributed by atoms with Gasteiger partial charge in [0.05, 0.1) is 6.54 Å². The van der Waals surface area contributed by atoms with Gasteiger partial charge in [0, 0.05) is 18.6 Å². The molecule has 0 aromatic rings. The normalized spacial score (nSPS) is 26.1. The highest BCUT2D eigenvalue weighted by Crippen LogP contribution is 2.14. The minimum absolute atomic E-state index is 0.144. The van der Waals surface area contributed by atoms with Gasteiger partial charge >= 0.3 is 0 Å². The van der Waals surface area contributed by atoms with E-state index in [0.717, 1.165) is 25.9 Å². The molecule has 19 heavy (non-hydrogen) atoms. The number of hydrogen-bond donors (Lipinski definition) is 2. The van der Waals surface area contributed by atoms with Crippen molar-refractivity contribution < 1.29 is 4.79 Å². The van der Waals surface area contributed by atoms with Crippen molar-refractivity contribution in [2.45, 2.75) is 65.0 Å². The Balaban J connectivity index is 2.20. The van der Waals surface area contributed by atoms with E-state index in [9.17, 15) is 4.79 Å². The Labute approximate surface area is 118 Å². The van der Waals surface area contributed by atoms with E-state index in [2.05, 4.69) is 31.0 Å². The number of rotatable bonds is 7. The number of carbonyl (C=O) groups is 1. The third-order valence-electron chi connectivity index (χ3n) is 4.12. The van der Waals surface area contributed by atoms with E-state index in [1.807, 2.05) is 0 Å². The van der Waals surface area contributed by atoms with Crippen LogP contribution in [0.25, 0.3) is 0 Å². The summed E-state index contributed by atoms with van der Waals surface area (Å²) in [5, 5.41) is 3.09. The maximum absolute atomic E-state index is 11.9. The molecular weight excluding hydrogens is 238 g/mol. The number of likely N-dealkylation sites (tertiary alicyclic amines) is 1. The van der Waals surface area contributed by atoms with Crippen molar-refractivity contribution in [2.24, 2.45) is 11.7 Å². The lowest BCUT2D eigenvalue weighted by Crippen LogP contribution is -2.51. The molecule has 1 amide bonds. The average Bonchev–Trinajstić information content (AvgIpc) is 2.34. The fourth-order valence-corrected chi connectivity index (χ4v) is 2.61. The van der Waals surface area contributed by atoms with E-state index in [1.165, 1.54) is 19.3 Å². The van der Waals surface area contributed by atoms with Crippen LogP contribution in [0.15, 0.2) is 0 Å². The number of nitrogens with two attached hydrogens (primary N) is 1. The molecule has 3 atom stereocenters. The van der Waals surface area contributed by atoms with Crippen molar-refractivity contribution >= 4 is 5.91 Å². The van der Waals surface area contributed by atoms with Crippen LogP contribution in [0.1, 0.15) is 52.9 Å². The summed E-state index contributed by atoms with van der Waals surface area (Å²) in [6, 6.07) is 0.500. The first kappa shape index (κ1) is 16.4. The highest BCUT2D eigenvalue weighted by Gasteiger charge is 2.24. The van der Waals surface area contributed by atoms with Gasteiger partial charge in [-0.3, -0.25) is 9.69 Å². The van der Waals surface area contributed by atoms with E-state index in [1.54, 1.807) is 0 Å². The molecule has 1 saturated heterocycles. The Kier molecular flexibility index (Phi) is 7.39. The highest BCUT2D eigenvalue weighted by molar-refractivity contribution is 5.78. The Hall–Kier alpha value is -0.610. The summed E-state index contributed by atoms with van der Waals surface area (Å²) in [5.74, 6) is 0.720. The molecule has 0 aromatic heterocycles. The molecule has 1 aliphatic rings. The summed E-state index contributed by atoms with van der Waals surface area (Å²) in [6.45, 7) is 8.82. The van der Waals surface area contributed by atoms with Crippen molar-refractivity contribution in [3.8, 4) is 0 Å². The fraction of sp³-hybridized carbons (Fsp3) is 0.933. The molecule has 1 heterocycles. The predicted molar refractivity (Wildman–Crippen MR) is 79.9 cm³/mol. The average molecular weight is 269 g/mol. The van der Waals surface area contributed by atoms with Gasteiger partial charge in [0.1, 0.15) is 0 Å². The van der Waals surface area contributed by atoms with Crippen LogP contribution in [0, 0.1) is 5.92 Å². The zero-order valence-electron chi connectivity index (χ0n) is 12.8. The van der Waals surface area contributed by atoms with Crippen molar-refractivity contribution in [1.82, 2.24) is 10.2 Å². The molecule has 0 spiro atoms. The molecule has 0 saturated carbocycles. The summed E-state index contributed by atoms with van der Waals surface area (Å²) >= 11 is 0. The standard InChI is InChI=1S/C15H31N3O/c1-4-5-6-7-13(3)17-15(19)11-18-9-8-12(2)14(16)10-18/h12-14H,4-11,16H2,1-3H3,(H,17,19). The van der Waals surface area contributed by atoms with Gasteiger partial charge in [0.15, 0.2) is 0 Å². The van der Waals surface area contributed by atoms with Crippen LogP contribution in [-0.2, 0) is 4.79 Å². The lowest BCUT2D eigenvalue weighted by atomic mass is 9.94. The minimum atomic E-state index is 0.144. The van der Waals surface area contributed by atoms with Gasteiger partial charge in [-0.1, -0.05) is 33.1 Å². The summed E-state index contributed by atoms with van der Waals surface area (Å²) in [4.78, 5) is 14.1. The smallest absolute Gasteiger partial charge is 0.234 e. The Morgan fingerprint density at radius 1 is 1.47 bits per heavy atom. The third kappa shape index (κ3) is 6.39. The predicted octanol–water partition coefficient (Wildman–Crippen LogP) is 1.74. The second-order valence-corrected chi connectivity index (χ2v) is 6.13. The quantitative estimate of drug-likeness (QED) is 0.692. The molecule has 0 aliphatic carbocycles. The van der Waals surface area contributed by atoms with Crippen LogP contribution in [0.3, 0.4) is 0 Å². The lowest BCUT2D eigenvalue weighted by molar-refractivity contribution is -0.123. The van der Waals surface area contributed by atoms with Gasteiger partial charge in [0.25, 0.3) is 0 Å². The lowest BCUT2D eigenvalue weighted by Gasteiger charge is -2.34. The number of piperidine rings is 1. The number of amides is 1. The van der Waals surface area contributed by atoms with Gasteiger partial charge < -0.3 is 11.1 Å². The first-order chi connectivity index (χ1) is 9.02. The first-order valence-corrected chi connectivity index (χ1v) is 7.80. The van der Waals surface area contributed by atoms with Crippen molar-refractivity contribution in [3.05, 3.63) is 0 Å². The molecule has 4 heteroatoms. The summed E-state index contributed by atoms with van der Waals surface area (Å²) in [6.07, 6.45) is 5.85. The molecule has 1 aliphatic heterocycles. The van der Waals surface area contributed by atoms with Crippen LogP contribution in [0.2, 0.25) is 0 Å². The maximum atomic E-state index is 11.9. The van der Waals surface area contributed by atoms with E-state index in [-0.39, 0.29) is 18.0 Å². The van der Waals surface area contributed by atoms with E-state index < -0.39 is 0 Å². The van der Waals surface area contributed by atoms with Crippen molar-refractivity contribution in [1.29, 1.82) is 0 Å². The number of unbranched alkanes of at least 4 members (excludes halogenated alkanes) is 2. The zero-order valence-corrected chi connectivity index (χ0v) is 12.8. The van der Waals surface area contributed by atoms with Gasteiger partial charge in [0.2, 0.25) is 5.91 Å². The first-order valence-electron chi connectivity index (χ1n) is 7.80. The number of nitrogens with zero attached hydrogens (tertiary/aromatic N) is 1. The second kappa shape index (κ2) is 8.54. The van der Waals surface area contributed by atoms with Crippen molar-refractivity contribution in [3.63, 3.8) is 0 Å². The minimum Gasteiger partial charge on any atom is -0.353 e. The monoisotopic (exact) mass is 269 g/mol. The number of nitrogens with one attached hydrogen (secondary N) is 1. The third-order valence-corrected chi connectivity index (χ3v) is 4.12. The Bertz CT molecular complexity index is 270. The molecule has 0 bridgehead atoms. The van der Waals surface area contributed by atoms with Crippen LogP contribution in [0.4, 0.5) is 0 Å². The van der Waals surface area contributed by atoms with Gasteiger partial charge in [-0.05, 0) is 32.2 Å². The molecule has 3 unspecified atom stereocenters. The topological polar surface area (TPSA) is 58.4 Å². The molecule has 1 rings (SSSR count). The second-order valence-electron chi connectivity index (χ2n) is 6.13. The van der Waals surface area contributed by atoms with Crippen LogP contribution < -0.4 is 11.1 Å². The molecule has 112 valence electrons. The van der Waals surface area contributed by atoms with Crippen LogP contribution in [0.5, 0.6) is 0 Å². The van der Waals surface area contributed by atoms with E-state index in [4.69, 9.17) is 5.73 Å². The molecule has 1 fully saturated rings. The summed E-state index contributed by atoms with van der Waals surface area (Å²) in [5.41, 5.74) is 6.05. The molecular formula is C15H31N3O. The van der Waals surface area contributed by atoms with Crippen LogP contribution in [-0.4, -0.2) is 42.5 Å². The fourth-order valence-electron chi connectivity index (χ4n) is 2.61. The zero-order chi connectivity index (χ0) is 14.3. The van der Waals surface area contributed by atoms with Gasteiger partial charge in [-0.25, -0.2) is 0 Å². The molecule has 0 radical (unpaired) electrons. The molecule has 3 N–H and O–H groups in total. The van der Waals surface area contributed by atoms with E-state index >= 15 is 0 Å². The highest BCUT2D eigenvalue weighted by atomic mass is 16.2. The molecule has 4 nitrogen and oxygen atoms in total. The van der Waals surface area contributed by atoms with Gasteiger partial charge in [-0.2, -0.15) is 0 Å². The van der Waals surface area contributed by atoms with Crippen LogP contribution >= 0.6 is 0 Å². The van der Waals surface area contributed by atoms with E-state index in [0.29, 0.717) is 12.5 Å². The summed E-state index contributed by atoms with van der Waals surface area (Å²) < 4.78 is 0. The SMILES string of the molecule is CCCCCC(C)NC(=O)CN1CCC(C)C(N)C1. The largest absolute Gasteiger partial charge is 0.353 e. The number of carbonyl (C=O) groups excluding carboxylic acids is 1. The number of hydrogen-bond acceptors (Lipinski definition) is 3. The summed E-state index contributed by atoms with van der Waals surface area (Å²) in [7, 11) is 0. The van der Waals surface area contributed by atoms with Crippen molar-refractivity contribution in [2.75, 3.05) is 19.6 Å². The maximum Gasteiger partial charge on any atom is 0.234 e. The Morgan fingerprint density at radius 3 is 2.84 bits per heavy atom. The molecule has 0 aromatic carbocycles. The Morgan fingerprint density at radius 2 is 2.21 bits per heavy atom. The van der Waals surface area contributed by atoms with Gasteiger partial charge in [-0.15, -0.1) is 0 Å².